The molecule has 6 heteroatoms. The first kappa shape index (κ1) is 16.8. The molecular weight excluding hydrogens is 320 g/mol. The molecule has 1 aromatic carbocycles. The number of hydrogen-bond acceptors (Lipinski definition) is 5. The zero-order chi connectivity index (χ0) is 16.9. The highest BCUT2D eigenvalue weighted by atomic mass is 32.2. The molecule has 0 spiro atoms. The Bertz CT molecular complexity index is 699. The summed E-state index contributed by atoms with van der Waals surface area (Å²) in [5.41, 5.74) is 2.55. The van der Waals surface area contributed by atoms with E-state index in [1.807, 2.05) is 11.0 Å². The Morgan fingerprint density at radius 2 is 1.79 bits per heavy atom. The molecule has 1 saturated heterocycles. The number of aromatic nitrogens is 2. The van der Waals surface area contributed by atoms with E-state index in [-0.39, 0.29) is 5.91 Å². The van der Waals surface area contributed by atoms with Crippen LogP contribution in [0.2, 0.25) is 0 Å². The first-order chi connectivity index (χ1) is 11.6. The zero-order valence-corrected chi connectivity index (χ0v) is 14.9. The molecule has 24 heavy (non-hydrogen) atoms. The second-order valence-corrected chi connectivity index (χ2v) is 7.00. The van der Waals surface area contributed by atoms with Gasteiger partial charge in [0.25, 0.3) is 0 Å². The quantitative estimate of drug-likeness (QED) is 0.799. The van der Waals surface area contributed by atoms with Gasteiger partial charge in [0.15, 0.2) is 0 Å². The molecule has 0 radical (unpaired) electrons. The zero-order valence-electron chi connectivity index (χ0n) is 14.1. The van der Waals surface area contributed by atoms with Gasteiger partial charge >= 0.3 is 0 Å². The van der Waals surface area contributed by atoms with Crippen LogP contribution >= 0.6 is 11.8 Å². The summed E-state index contributed by atoms with van der Waals surface area (Å²) in [7, 11) is 0. The highest BCUT2D eigenvalue weighted by Crippen LogP contribution is 2.21. The van der Waals surface area contributed by atoms with E-state index >= 15 is 0 Å². The minimum Gasteiger partial charge on any atom is -0.338 e. The number of carbonyl (C=O) groups is 1. The van der Waals surface area contributed by atoms with Gasteiger partial charge in [-0.2, -0.15) is 0 Å². The smallest absolute Gasteiger partial charge is 0.233 e. The summed E-state index contributed by atoms with van der Waals surface area (Å²) in [6.45, 7) is 7.22. The van der Waals surface area contributed by atoms with Gasteiger partial charge in [0.05, 0.1) is 5.75 Å². The van der Waals surface area contributed by atoms with Crippen LogP contribution in [0.1, 0.15) is 11.1 Å². The van der Waals surface area contributed by atoms with E-state index in [1.165, 1.54) is 11.1 Å². The van der Waals surface area contributed by atoms with Crippen molar-refractivity contribution in [2.24, 2.45) is 0 Å². The Morgan fingerprint density at radius 1 is 1.08 bits per heavy atom. The van der Waals surface area contributed by atoms with E-state index in [9.17, 15) is 4.79 Å². The third-order valence-electron chi connectivity index (χ3n) is 4.31. The van der Waals surface area contributed by atoms with Crippen LogP contribution in [0.15, 0.2) is 41.6 Å². The molecule has 1 aromatic heterocycles. The number of aryl methyl sites for hydroxylation is 2. The van der Waals surface area contributed by atoms with Crippen molar-refractivity contribution in [3.63, 3.8) is 0 Å². The van der Waals surface area contributed by atoms with Crippen molar-refractivity contribution in [1.29, 1.82) is 0 Å². The Hall–Kier alpha value is -2.08. The number of piperazine rings is 1. The van der Waals surface area contributed by atoms with E-state index in [2.05, 4.69) is 46.9 Å². The number of benzene rings is 1. The predicted molar refractivity (Wildman–Crippen MR) is 97.5 cm³/mol. The third-order valence-corrected chi connectivity index (χ3v) is 5.29. The first-order valence-electron chi connectivity index (χ1n) is 8.13. The number of hydrogen-bond donors (Lipinski definition) is 0. The summed E-state index contributed by atoms with van der Waals surface area (Å²) < 4.78 is 0. The monoisotopic (exact) mass is 342 g/mol. The van der Waals surface area contributed by atoms with E-state index in [0.717, 1.165) is 37.0 Å². The van der Waals surface area contributed by atoms with Crippen LogP contribution in [0, 0.1) is 13.8 Å². The molecule has 1 aliphatic rings. The van der Waals surface area contributed by atoms with Crippen LogP contribution in [-0.4, -0.2) is 52.7 Å². The summed E-state index contributed by atoms with van der Waals surface area (Å²) in [6, 6.07) is 8.16. The van der Waals surface area contributed by atoms with Crippen LogP contribution in [0.5, 0.6) is 0 Å². The minimum atomic E-state index is 0.201. The Balaban J connectivity index is 1.49. The molecule has 1 amide bonds. The first-order valence-corrected chi connectivity index (χ1v) is 9.12. The Kier molecular flexibility index (Phi) is 5.35. The number of amides is 1. The van der Waals surface area contributed by atoms with Crippen molar-refractivity contribution in [1.82, 2.24) is 14.9 Å². The molecule has 2 aromatic rings. The SMILES string of the molecule is Cc1ccc(SCC(=O)N2CCN(c3ncccn3)CC2)cc1C. The number of rotatable bonds is 4. The molecule has 0 atom stereocenters. The predicted octanol–water partition coefficient (Wildman–Crippen LogP) is 2.53. The summed E-state index contributed by atoms with van der Waals surface area (Å²) in [5, 5.41) is 0. The standard InChI is InChI=1S/C18H22N4OS/c1-14-4-5-16(12-15(14)2)24-13-17(23)21-8-10-22(11-9-21)18-19-6-3-7-20-18/h3-7,12H,8-11,13H2,1-2H3. The van der Waals surface area contributed by atoms with Gasteiger partial charge in [-0.3, -0.25) is 4.79 Å². The van der Waals surface area contributed by atoms with Gasteiger partial charge in [-0.05, 0) is 43.2 Å². The van der Waals surface area contributed by atoms with Crippen molar-refractivity contribution in [3.8, 4) is 0 Å². The van der Waals surface area contributed by atoms with Crippen LogP contribution < -0.4 is 4.90 Å². The van der Waals surface area contributed by atoms with E-state index in [1.54, 1.807) is 24.2 Å². The maximum absolute atomic E-state index is 12.4. The fraction of sp³-hybridized carbons (Fsp3) is 0.389. The van der Waals surface area contributed by atoms with Crippen molar-refractivity contribution in [3.05, 3.63) is 47.8 Å². The Morgan fingerprint density at radius 3 is 2.46 bits per heavy atom. The summed E-state index contributed by atoms with van der Waals surface area (Å²) in [5.74, 6) is 1.44. The van der Waals surface area contributed by atoms with E-state index < -0.39 is 0 Å². The average molecular weight is 342 g/mol. The third kappa shape index (κ3) is 4.06. The fourth-order valence-corrected chi connectivity index (χ4v) is 3.55. The number of thioether (sulfide) groups is 1. The summed E-state index contributed by atoms with van der Waals surface area (Å²) in [4.78, 5) is 26.2. The number of carbonyl (C=O) groups excluding carboxylic acids is 1. The molecule has 1 aliphatic heterocycles. The Labute approximate surface area is 147 Å². The molecule has 3 rings (SSSR count). The molecule has 2 heterocycles. The number of anilines is 1. The lowest BCUT2D eigenvalue weighted by Gasteiger charge is -2.34. The minimum absolute atomic E-state index is 0.201. The molecule has 0 aliphatic carbocycles. The molecule has 0 unspecified atom stereocenters. The van der Waals surface area contributed by atoms with Gasteiger partial charge in [0, 0.05) is 43.5 Å². The normalized spacial score (nSPS) is 14.8. The molecule has 5 nitrogen and oxygen atoms in total. The fourth-order valence-electron chi connectivity index (χ4n) is 2.65. The van der Waals surface area contributed by atoms with Crippen LogP contribution in [0.25, 0.3) is 0 Å². The van der Waals surface area contributed by atoms with Crippen molar-refractivity contribution < 1.29 is 4.79 Å². The second kappa shape index (κ2) is 7.66. The second-order valence-electron chi connectivity index (χ2n) is 5.95. The lowest BCUT2D eigenvalue weighted by atomic mass is 10.1. The molecule has 0 bridgehead atoms. The van der Waals surface area contributed by atoms with Crippen LogP contribution in [0.3, 0.4) is 0 Å². The lowest BCUT2D eigenvalue weighted by molar-refractivity contribution is -0.128. The molecule has 126 valence electrons. The lowest BCUT2D eigenvalue weighted by Crippen LogP contribution is -2.49. The maximum atomic E-state index is 12.4. The van der Waals surface area contributed by atoms with E-state index in [4.69, 9.17) is 0 Å². The summed E-state index contributed by atoms with van der Waals surface area (Å²) in [6.07, 6.45) is 3.50. The summed E-state index contributed by atoms with van der Waals surface area (Å²) >= 11 is 1.61. The van der Waals surface area contributed by atoms with E-state index in [0.29, 0.717) is 5.75 Å². The van der Waals surface area contributed by atoms with Gasteiger partial charge in [-0.15, -0.1) is 11.8 Å². The van der Waals surface area contributed by atoms with Gasteiger partial charge in [0.2, 0.25) is 11.9 Å². The van der Waals surface area contributed by atoms with Crippen molar-refractivity contribution in [2.75, 3.05) is 36.8 Å². The largest absolute Gasteiger partial charge is 0.338 e. The van der Waals surface area contributed by atoms with Gasteiger partial charge in [0.1, 0.15) is 0 Å². The topological polar surface area (TPSA) is 49.3 Å². The molecule has 1 fully saturated rings. The van der Waals surface area contributed by atoms with Crippen molar-refractivity contribution >= 4 is 23.6 Å². The highest BCUT2D eigenvalue weighted by molar-refractivity contribution is 8.00. The molecule has 0 saturated carbocycles. The van der Waals surface area contributed by atoms with Crippen LogP contribution in [0.4, 0.5) is 5.95 Å². The maximum Gasteiger partial charge on any atom is 0.233 e. The van der Waals surface area contributed by atoms with Crippen LogP contribution in [-0.2, 0) is 4.79 Å². The van der Waals surface area contributed by atoms with Gasteiger partial charge < -0.3 is 9.80 Å². The number of nitrogens with zero attached hydrogens (tertiary/aromatic N) is 4. The van der Waals surface area contributed by atoms with Gasteiger partial charge in [-0.25, -0.2) is 9.97 Å². The molecule has 0 N–H and O–H groups in total. The van der Waals surface area contributed by atoms with Crippen molar-refractivity contribution in [2.45, 2.75) is 18.7 Å². The average Bonchev–Trinajstić information content (AvgIpc) is 2.63. The molecular formula is C18H22N4OS. The van der Waals surface area contributed by atoms with Gasteiger partial charge in [-0.1, -0.05) is 6.07 Å². The highest BCUT2D eigenvalue weighted by Gasteiger charge is 2.22.